The molecule has 0 amide bonds. The van der Waals surface area contributed by atoms with E-state index in [2.05, 4.69) is 4.74 Å². The fraction of sp³-hybridized carbons (Fsp3) is 0.118. The summed E-state index contributed by atoms with van der Waals surface area (Å²) in [5.74, 6) is 0.0121. The SMILES string of the molecule is COC(=O)CC=Cc1ccc(-c2ccc(O)cc2)cc1. The van der Waals surface area contributed by atoms with Gasteiger partial charge in [-0.3, -0.25) is 4.79 Å². The highest BCUT2D eigenvalue weighted by atomic mass is 16.5. The van der Waals surface area contributed by atoms with Crippen molar-refractivity contribution in [2.45, 2.75) is 6.42 Å². The Morgan fingerprint density at radius 1 is 1.05 bits per heavy atom. The molecule has 3 heteroatoms. The summed E-state index contributed by atoms with van der Waals surface area (Å²) in [4.78, 5) is 11.0. The normalized spacial score (nSPS) is 10.7. The minimum Gasteiger partial charge on any atom is -0.508 e. The third-order valence-electron chi connectivity index (χ3n) is 2.93. The Bertz CT molecular complexity index is 595. The molecule has 0 aromatic heterocycles. The molecule has 20 heavy (non-hydrogen) atoms. The maximum Gasteiger partial charge on any atom is 0.309 e. The Morgan fingerprint density at radius 2 is 1.60 bits per heavy atom. The third-order valence-corrected chi connectivity index (χ3v) is 2.93. The second kappa shape index (κ2) is 6.57. The van der Waals surface area contributed by atoms with Crippen LogP contribution in [0, 0.1) is 0 Å². The Balaban J connectivity index is 2.06. The van der Waals surface area contributed by atoms with Crippen molar-refractivity contribution in [3.63, 3.8) is 0 Å². The molecule has 1 N–H and O–H groups in total. The zero-order valence-electron chi connectivity index (χ0n) is 11.2. The lowest BCUT2D eigenvalue weighted by Crippen LogP contribution is -1.96. The number of esters is 1. The molecule has 2 aromatic rings. The number of methoxy groups -OCH3 is 1. The van der Waals surface area contributed by atoms with Crippen molar-refractivity contribution >= 4 is 12.0 Å². The fourth-order valence-electron chi connectivity index (χ4n) is 1.82. The molecule has 0 saturated carbocycles. The monoisotopic (exact) mass is 268 g/mol. The zero-order valence-corrected chi connectivity index (χ0v) is 11.2. The Hall–Kier alpha value is -2.55. The number of phenols is 1. The van der Waals surface area contributed by atoms with E-state index < -0.39 is 0 Å². The summed E-state index contributed by atoms with van der Waals surface area (Å²) in [6.45, 7) is 0. The lowest BCUT2D eigenvalue weighted by molar-refractivity contribution is -0.139. The minimum atomic E-state index is -0.248. The maximum atomic E-state index is 11.0. The van der Waals surface area contributed by atoms with Gasteiger partial charge in [0.05, 0.1) is 13.5 Å². The van der Waals surface area contributed by atoms with Gasteiger partial charge in [-0.2, -0.15) is 0 Å². The smallest absolute Gasteiger partial charge is 0.309 e. The van der Waals surface area contributed by atoms with Gasteiger partial charge in [0.15, 0.2) is 0 Å². The van der Waals surface area contributed by atoms with E-state index in [0.29, 0.717) is 0 Å². The molecule has 0 heterocycles. The molecule has 2 rings (SSSR count). The van der Waals surface area contributed by atoms with Gasteiger partial charge in [0.25, 0.3) is 0 Å². The maximum absolute atomic E-state index is 11.0. The summed E-state index contributed by atoms with van der Waals surface area (Å²) in [6.07, 6.45) is 3.94. The quantitative estimate of drug-likeness (QED) is 0.861. The summed E-state index contributed by atoms with van der Waals surface area (Å²) >= 11 is 0. The molecule has 0 saturated heterocycles. The number of phenolic OH excluding ortho intramolecular Hbond substituents is 1. The van der Waals surface area contributed by atoms with Crippen LogP contribution in [0.1, 0.15) is 12.0 Å². The number of benzene rings is 2. The van der Waals surface area contributed by atoms with E-state index in [0.717, 1.165) is 16.7 Å². The molecule has 0 spiro atoms. The highest BCUT2D eigenvalue weighted by molar-refractivity contribution is 5.73. The van der Waals surface area contributed by atoms with E-state index >= 15 is 0 Å². The summed E-state index contributed by atoms with van der Waals surface area (Å²) in [6, 6.07) is 15.0. The summed E-state index contributed by atoms with van der Waals surface area (Å²) in [7, 11) is 1.38. The molecule has 0 aliphatic heterocycles. The fourth-order valence-corrected chi connectivity index (χ4v) is 1.82. The summed E-state index contributed by atoms with van der Waals surface area (Å²) in [5.41, 5.74) is 3.15. The van der Waals surface area contributed by atoms with Crippen LogP contribution in [0.3, 0.4) is 0 Å². The second-order valence-corrected chi connectivity index (χ2v) is 4.35. The average molecular weight is 268 g/mol. The van der Waals surface area contributed by atoms with Crippen LogP contribution in [0.4, 0.5) is 0 Å². The van der Waals surface area contributed by atoms with Gasteiger partial charge in [-0.1, -0.05) is 48.6 Å². The first kappa shape index (κ1) is 13.9. The van der Waals surface area contributed by atoms with Crippen molar-refractivity contribution in [2.75, 3.05) is 7.11 Å². The van der Waals surface area contributed by atoms with E-state index in [1.54, 1.807) is 18.2 Å². The van der Waals surface area contributed by atoms with Crippen LogP contribution in [0.5, 0.6) is 5.75 Å². The molecule has 0 aliphatic carbocycles. The van der Waals surface area contributed by atoms with Gasteiger partial charge >= 0.3 is 5.97 Å². The molecule has 2 aromatic carbocycles. The first-order valence-corrected chi connectivity index (χ1v) is 6.32. The molecule has 0 radical (unpaired) electrons. The second-order valence-electron chi connectivity index (χ2n) is 4.35. The topological polar surface area (TPSA) is 46.5 Å². The predicted molar refractivity (Wildman–Crippen MR) is 79.2 cm³/mol. The van der Waals surface area contributed by atoms with E-state index in [1.165, 1.54) is 7.11 Å². The van der Waals surface area contributed by atoms with Crippen LogP contribution in [0.2, 0.25) is 0 Å². The number of hydrogen-bond acceptors (Lipinski definition) is 3. The minimum absolute atomic E-state index is 0.248. The van der Waals surface area contributed by atoms with Crippen LogP contribution in [-0.4, -0.2) is 18.2 Å². The molecular weight excluding hydrogens is 252 g/mol. The summed E-state index contributed by atoms with van der Waals surface area (Å²) in [5, 5.41) is 9.26. The first-order chi connectivity index (χ1) is 9.69. The number of ether oxygens (including phenoxy) is 1. The van der Waals surface area contributed by atoms with Crippen molar-refractivity contribution in [1.82, 2.24) is 0 Å². The molecule has 0 bridgehead atoms. The highest BCUT2D eigenvalue weighted by Gasteiger charge is 1.98. The molecule has 3 nitrogen and oxygen atoms in total. The number of hydrogen-bond donors (Lipinski definition) is 1. The van der Waals surface area contributed by atoms with Crippen LogP contribution in [0.15, 0.2) is 54.6 Å². The number of rotatable bonds is 4. The van der Waals surface area contributed by atoms with Gasteiger partial charge in [0.1, 0.15) is 5.75 Å². The molecule has 102 valence electrons. The third kappa shape index (κ3) is 3.72. The van der Waals surface area contributed by atoms with Gasteiger partial charge in [-0.05, 0) is 28.8 Å². The van der Waals surface area contributed by atoms with E-state index in [9.17, 15) is 9.90 Å². The largest absolute Gasteiger partial charge is 0.508 e. The van der Waals surface area contributed by atoms with Gasteiger partial charge in [-0.15, -0.1) is 0 Å². The van der Waals surface area contributed by atoms with Crippen LogP contribution in [0.25, 0.3) is 17.2 Å². The predicted octanol–water partition coefficient (Wildman–Crippen LogP) is 3.64. The van der Waals surface area contributed by atoms with Gasteiger partial charge in [0, 0.05) is 0 Å². The molecule has 0 atom stereocenters. The first-order valence-electron chi connectivity index (χ1n) is 6.32. The Kier molecular flexibility index (Phi) is 4.56. The zero-order chi connectivity index (χ0) is 14.4. The Labute approximate surface area is 118 Å². The molecule has 0 aliphatic rings. The average Bonchev–Trinajstić information content (AvgIpc) is 2.48. The van der Waals surface area contributed by atoms with Gasteiger partial charge in [-0.25, -0.2) is 0 Å². The van der Waals surface area contributed by atoms with E-state index in [-0.39, 0.29) is 18.1 Å². The van der Waals surface area contributed by atoms with Crippen LogP contribution < -0.4 is 0 Å². The van der Waals surface area contributed by atoms with Crippen molar-refractivity contribution in [3.05, 3.63) is 60.2 Å². The van der Waals surface area contributed by atoms with E-state index in [4.69, 9.17) is 0 Å². The highest BCUT2D eigenvalue weighted by Crippen LogP contribution is 2.22. The summed E-state index contributed by atoms with van der Waals surface area (Å²) < 4.78 is 4.56. The van der Waals surface area contributed by atoms with Crippen molar-refractivity contribution in [3.8, 4) is 16.9 Å². The van der Waals surface area contributed by atoms with Crippen molar-refractivity contribution in [2.24, 2.45) is 0 Å². The van der Waals surface area contributed by atoms with Crippen LogP contribution in [-0.2, 0) is 9.53 Å². The van der Waals surface area contributed by atoms with Crippen LogP contribution >= 0.6 is 0 Å². The molecular formula is C17H16O3. The van der Waals surface area contributed by atoms with Crippen molar-refractivity contribution < 1.29 is 14.6 Å². The Morgan fingerprint density at radius 3 is 2.15 bits per heavy atom. The molecule has 0 fully saturated rings. The lowest BCUT2D eigenvalue weighted by atomic mass is 10.0. The van der Waals surface area contributed by atoms with E-state index in [1.807, 2.05) is 42.5 Å². The standard InChI is InChI=1S/C17H16O3/c1-20-17(19)4-2-3-13-5-7-14(8-6-13)15-9-11-16(18)12-10-15/h2-3,5-12,18H,4H2,1H3. The number of aromatic hydroxyl groups is 1. The lowest BCUT2D eigenvalue weighted by Gasteiger charge is -2.02. The number of carbonyl (C=O) groups excluding carboxylic acids is 1. The number of carbonyl (C=O) groups is 1. The van der Waals surface area contributed by atoms with Crippen molar-refractivity contribution in [1.29, 1.82) is 0 Å². The van der Waals surface area contributed by atoms with Gasteiger partial charge < -0.3 is 9.84 Å². The van der Waals surface area contributed by atoms with Gasteiger partial charge in [0.2, 0.25) is 0 Å². The molecule has 0 unspecified atom stereocenters.